The number of H-pyrrole nitrogens is 1. The van der Waals surface area contributed by atoms with Gasteiger partial charge in [-0.15, -0.1) is 23.5 Å². The van der Waals surface area contributed by atoms with E-state index >= 15 is 0 Å². The van der Waals surface area contributed by atoms with Crippen LogP contribution in [0.25, 0.3) is 0 Å². The van der Waals surface area contributed by atoms with Gasteiger partial charge in [0.1, 0.15) is 30.1 Å². The van der Waals surface area contributed by atoms with Gasteiger partial charge in [0.2, 0.25) is 17.2 Å². The number of carbonyl (C=O) groups is 3. The van der Waals surface area contributed by atoms with Gasteiger partial charge in [-0.25, -0.2) is 24.2 Å². The van der Waals surface area contributed by atoms with Crippen LogP contribution in [0.3, 0.4) is 0 Å². The second-order valence-electron chi connectivity index (χ2n) is 15.6. The number of nitrogen functional groups attached to an aromatic ring is 2. The Balaban J connectivity index is 0.000000210. The number of hydrogen-bond donors (Lipinski definition) is 3. The van der Waals surface area contributed by atoms with Crippen LogP contribution in [0.5, 0.6) is 0 Å². The van der Waals surface area contributed by atoms with Crippen molar-refractivity contribution in [1.82, 2.24) is 19.5 Å². The normalized spacial score (nSPS) is 30.0. The van der Waals surface area contributed by atoms with Gasteiger partial charge in [0.15, 0.2) is 0 Å². The Hall–Kier alpha value is -3.61. The van der Waals surface area contributed by atoms with Crippen molar-refractivity contribution in [3.8, 4) is 0 Å². The molecule has 312 valence electrons. The van der Waals surface area contributed by atoms with Crippen molar-refractivity contribution in [3.63, 3.8) is 0 Å². The first-order valence-electron chi connectivity index (χ1n) is 19.3. The molecule has 4 heterocycles. The minimum Gasteiger partial charge on any atom is -0.459 e. The Bertz CT molecular complexity index is 1730. The maximum Gasteiger partial charge on any atom is 0.351 e. The van der Waals surface area contributed by atoms with Crippen molar-refractivity contribution in [1.29, 1.82) is 0 Å². The van der Waals surface area contributed by atoms with Crippen LogP contribution in [-0.2, 0) is 38.1 Å². The summed E-state index contributed by atoms with van der Waals surface area (Å²) in [6, 6.07) is 3.05. The van der Waals surface area contributed by atoms with Gasteiger partial charge < -0.3 is 35.2 Å². The van der Waals surface area contributed by atoms with Crippen molar-refractivity contribution >= 4 is 53.1 Å². The van der Waals surface area contributed by atoms with Gasteiger partial charge in [-0.3, -0.25) is 14.3 Å². The SMILES string of the molecule is CC(=O)O[C@H]1CS[C@@H](C(=O)O[C@@H]2C[C@H](C)CC[C@H]2C(C)C)O1.CC(C)[C@@H]1CC[C@@H](C)C[C@H]1OC(=O)[C@H]1O[C@H](n2ccc(N)nc2=O)CS1.Nc1ccnc(=O)[nH]1. The molecule has 0 bridgehead atoms. The van der Waals surface area contributed by atoms with Crippen molar-refractivity contribution < 1.29 is 38.1 Å². The topological polar surface area (TPSA) is 230 Å². The minimum atomic E-state index is -0.713. The van der Waals surface area contributed by atoms with E-state index in [1.165, 1.54) is 66.2 Å². The lowest BCUT2D eigenvalue weighted by Gasteiger charge is -2.37. The van der Waals surface area contributed by atoms with Crippen LogP contribution >= 0.6 is 23.5 Å². The molecule has 10 atom stereocenters. The summed E-state index contributed by atoms with van der Waals surface area (Å²) in [5, 5.41) is 0. The maximum atomic E-state index is 12.6. The molecule has 2 saturated carbocycles. The summed E-state index contributed by atoms with van der Waals surface area (Å²) in [4.78, 5) is 67.4. The third kappa shape index (κ3) is 13.5. The number of rotatable bonds is 8. The molecule has 2 aliphatic carbocycles. The van der Waals surface area contributed by atoms with Crippen LogP contribution in [0.15, 0.2) is 34.1 Å². The highest BCUT2D eigenvalue weighted by atomic mass is 32.2. The number of anilines is 2. The number of thioether (sulfide) groups is 2. The summed E-state index contributed by atoms with van der Waals surface area (Å²) >= 11 is 2.68. The van der Waals surface area contributed by atoms with Crippen molar-refractivity contribution in [2.24, 2.45) is 35.5 Å². The second-order valence-corrected chi connectivity index (χ2v) is 17.8. The van der Waals surface area contributed by atoms with Crippen LogP contribution in [0.1, 0.15) is 93.2 Å². The molecule has 2 saturated heterocycles. The monoisotopic (exact) mass is 822 g/mol. The molecule has 0 spiro atoms. The lowest BCUT2D eigenvalue weighted by molar-refractivity contribution is -0.185. The Morgan fingerprint density at radius 3 is 1.88 bits per heavy atom. The fourth-order valence-electron chi connectivity index (χ4n) is 7.35. The molecule has 0 aromatic carbocycles. The number of carbonyl (C=O) groups excluding carboxylic acids is 3. The van der Waals surface area contributed by atoms with Crippen molar-refractivity contribution in [3.05, 3.63) is 45.5 Å². The van der Waals surface area contributed by atoms with Gasteiger partial charge in [0, 0.05) is 25.1 Å². The van der Waals surface area contributed by atoms with E-state index in [4.69, 9.17) is 35.2 Å². The second kappa shape index (κ2) is 21.2. The van der Waals surface area contributed by atoms with E-state index in [0.29, 0.717) is 52.8 Å². The molecule has 4 aliphatic rings. The van der Waals surface area contributed by atoms with Crippen LogP contribution in [0.2, 0.25) is 0 Å². The van der Waals surface area contributed by atoms with Crippen LogP contribution in [0.4, 0.5) is 11.6 Å². The number of ether oxygens (including phenoxy) is 5. The van der Waals surface area contributed by atoms with Crippen LogP contribution in [0, 0.1) is 35.5 Å². The number of nitrogens with zero attached hydrogens (tertiary/aromatic N) is 3. The van der Waals surface area contributed by atoms with E-state index in [9.17, 15) is 24.0 Å². The van der Waals surface area contributed by atoms with Gasteiger partial charge in [0.05, 0.1) is 5.75 Å². The standard InChI is InChI=1S/C18H27N3O4S.C16H26O5S.C4H5N3O/c1-10(2)12-5-4-11(3)8-13(12)24-16(22)17-25-15(9-26-17)21-7-6-14(19)20-18(21)23;1-9(2)12-6-5-10(3)7-13(12)20-15(18)16-21-14(8-22-16)19-11(4)17;5-3-1-2-6-4(8)7-3/h6-7,10-13,15,17H,4-5,8-9H2,1-3H3,(H2,19,20,23);9-10,12-14,16H,5-8H2,1-4H3;1-2H,(H3,5,6,7,8)/t11-,12+,13-,15+,17+;10-,12+,13-,14-,16+;/m11./s1. The third-order valence-corrected chi connectivity index (χ3v) is 12.5. The quantitative estimate of drug-likeness (QED) is 0.241. The fourth-order valence-corrected chi connectivity index (χ4v) is 9.20. The molecule has 4 fully saturated rings. The zero-order valence-electron chi connectivity index (χ0n) is 33.3. The lowest BCUT2D eigenvalue weighted by Crippen LogP contribution is -2.38. The Labute approximate surface area is 336 Å². The van der Waals surface area contributed by atoms with E-state index in [0.717, 1.165) is 25.7 Å². The molecule has 0 amide bonds. The van der Waals surface area contributed by atoms with E-state index in [1.54, 1.807) is 6.20 Å². The van der Waals surface area contributed by atoms with Crippen LogP contribution < -0.4 is 22.8 Å². The van der Waals surface area contributed by atoms with E-state index in [1.807, 2.05) is 0 Å². The summed E-state index contributed by atoms with van der Waals surface area (Å²) in [5.41, 5.74) is 8.38. The number of esters is 3. The number of aromatic nitrogens is 4. The highest BCUT2D eigenvalue weighted by molar-refractivity contribution is 8.00. The predicted molar refractivity (Wildman–Crippen MR) is 214 cm³/mol. The molecular formula is C38H58N6O10S2. The summed E-state index contributed by atoms with van der Waals surface area (Å²) in [6.45, 7) is 14.5. The predicted octanol–water partition coefficient (Wildman–Crippen LogP) is 4.74. The number of hydrogen-bond acceptors (Lipinski definition) is 16. The molecule has 6 rings (SSSR count). The van der Waals surface area contributed by atoms with Crippen molar-refractivity contribution in [2.75, 3.05) is 23.0 Å². The highest BCUT2D eigenvalue weighted by Crippen LogP contribution is 2.39. The number of aromatic amines is 1. The van der Waals surface area contributed by atoms with E-state index in [-0.39, 0.29) is 30.0 Å². The summed E-state index contributed by atoms with van der Waals surface area (Å²) in [7, 11) is 0. The highest BCUT2D eigenvalue weighted by Gasteiger charge is 2.40. The molecule has 0 radical (unpaired) electrons. The average Bonchev–Trinajstić information content (AvgIpc) is 3.79. The van der Waals surface area contributed by atoms with Gasteiger partial charge in [-0.2, -0.15) is 4.98 Å². The molecule has 2 aliphatic heterocycles. The molecular weight excluding hydrogens is 765 g/mol. The zero-order chi connectivity index (χ0) is 41.1. The van der Waals surface area contributed by atoms with Gasteiger partial charge in [0.25, 0.3) is 0 Å². The first-order chi connectivity index (χ1) is 26.5. The Kier molecular flexibility index (Phi) is 17.1. The minimum absolute atomic E-state index is 0.0341. The smallest absolute Gasteiger partial charge is 0.351 e. The first-order valence-corrected chi connectivity index (χ1v) is 21.4. The fraction of sp³-hybridized carbons (Fsp3) is 0.711. The molecule has 2 aromatic heterocycles. The maximum absolute atomic E-state index is 12.6. The molecule has 0 unspecified atom stereocenters. The molecule has 5 N–H and O–H groups in total. The number of nitrogens with two attached hydrogens (primary N) is 2. The molecule has 2 aromatic rings. The summed E-state index contributed by atoms with van der Waals surface area (Å²) < 4.78 is 29.1. The molecule has 56 heavy (non-hydrogen) atoms. The van der Waals surface area contributed by atoms with E-state index < -0.39 is 40.7 Å². The van der Waals surface area contributed by atoms with Gasteiger partial charge in [-0.1, -0.05) is 54.4 Å². The third-order valence-electron chi connectivity index (χ3n) is 10.3. The Morgan fingerprint density at radius 1 is 0.839 bits per heavy atom. The molecule has 16 nitrogen and oxygen atoms in total. The summed E-state index contributed by atoms with van der Waals surface area (Å²) in [6.07, 6.45) is 8.00. The number of nitrogens with one attached hydrogen (secondary N) is 1. The van der Waals surface area contributed by atoms with Crippen molar-refractivity contribution in [2.45, 2.75) is 123 Å². The van der Waals surface area contributed by atoms with E-state index in [2.05, 4.69) is 56.5 Å². The summed E-state index contributed by atoms with van der Waals surface area (Å²) in [5.74, 6) is 3.28. The first kappa shape index (κ1) is 45.1. The van der Waals surface area contributed by atoms with Gasteiger partial charge >= 0.3 is 29.3 Å². The van der Waals surface area contributed by atoms with Crippen LogP contribution in [-0.4, -0.2) is 78.3 Å². The Morgan fingerprint density at radius 2 is 1.39 bits per heavy atom. The van der Waals surface area contributed by atoms with Gasteiger partial charge in [-0.05, 0) is 73.3 Å². The average molecular weight is 823 g/mol. The molecule has 18 heteroatoms. The lowest BCUT2D eigenvalue weighted by atomic mass is 9.75. The largest absolute Gasteiger partial charge is 0.459 e. The zero-order valence-corrected chi connectivity index (χ0v) is 34.9.